The minimum absolute atomic E-state index is 0. The van der Waals surface area contributed by atoms with Crippen molar-refractivity contribution in [3.63, 3.8) is 0 Å². The number of hydrogen-bond acceptors (Lipinski definition) is 3. The average Bonchev–Trinajstić information content (AvgIpc) is 3.48. The van der Waals surface area contributed by atoms with Crippen LogP contribution in [0.5, 0.6) is 5.75 Å². The van der Waals surface area contributed by atoms with E-state index in [2.05, 4.69) is 27.6 Å². The van der Waals surface area contributed by atoms with Gasteiger partial charge in [-0.3, -0.25) is 4.99 Å². The topological polar surface area (TPSA) is 48.9 Å². The highest BCUT2D eigenvalue weighted by atomic mass is 127. The van der Waals surface area contributed by atoms with Crippen molar-refractivity contribution in [2.45, 2.75) is 38.6 Å². The Bertz CT molecular complexity index is 653. The standard InChI is InChI=1S/C21H33FN4O.HI/c1-15(18-8-9-20(19(22)11-18)27-14-16-6-7-16)25-21(23-2)24-12-17-5-4-10-26(3)13-17;/h8-9,11,15-17H,4-7,10,12-14H2,1-3H3,(H2,23,24,25);1H. The first-order valence-electron chi connectivity index (χ1n) is 10.1. The molecule has 0 bridgehead atoms. The number of benzene rings is 1. The number of nitrogens with one attached hydrogen (secondary N) is 2. The fourth-order valence-electron chi connectivity index (χ4n) is 3.56. The molecule has 0 amide bonds. The summed E-state index contributed by atoms with van der Waals surface area (Å²) >= 11 is 0. The maximum atomic E-state index is 14.3. The van der Waals surface area contributed by atoms with Crippen molar-refractivity contribution in [1.29, 1.82) is 0 Å². The summed E-state index contributed by atoms with van der Waals surface area (Å²) in [5.74, 6) is 2.06. The van der Waals surface area contributed by atoms with Gasteiger partial charge in [0.05, 0.1) is 12.6 Å². The molecule has 1 aromatic carbocycles. The molecule has 1 aliphatic carbocycles. The van der Waals surface area contributed by atoms with E-state index >= 15 is 0 Å². The SMILES string of the molecule is CN=C(NCC1CCCN(C)C1)NC(C)c1ccc(OCC2CC2)c(F)c1.I. The molecular formula is C21H34FIN4O. The van der Waals surface area contributed by atoms with Crippen LogP contribution in [-0.4, -0.2) is 51.2 Å². The van der Waals surface area contributed by atoms with Gasteiger partial charge in [-0.2, -0.15) is 0 Å². The zero-order valence-electron chi connectivity index (χ0n) is 17.2. The molecule has 28 heavy (non-hydrogen) atoms. The van der Waals surface area contributed by atoms with Gasteiger partial charge in [-0.05, 0) is 75.7 Å². The van der Waals surface area contributed by atoms with Crippen molar-refractivity contribution in [3.05, 3.63) is 29.6 Å². The highest BCUT2D eigenvalue weighted by Gasteiger charge is 2.23. The molecule has 2 atom stereocenters. The smallest absolute Gasteiger partial charge is 0.191 e. The number of likely N-dealkylation sites (tertiary alicyclic amines) is 1. The lowest BCUT2D eigenvalue weighted by Gasteiger charge is -2.30. The Kier molecular flexibility index (Phi) is 9.27. The number of ether oxygens (including phenoxy) is 1. The van der Waals surface area contributed by atoms with Gasteiger partial charge in [-0.25, -0.2) is 4.39 Å². The maximum Gasteiger partial charge on any atom is 0.191 e. The number of halogens is 2. The van der Waals surface area contributed by atoms with Crippen molar-refractivity contribution < 1.29 is 9.13 Å². The predicted molar refractivity (Wildman–Crippen MR) is 123 cm³/mol. The van der Waals surface area contributed by atoms with E-state index in [1.54, 1.807) is 19.2 Å². The largest absolute Gasteiger partial charge is 0.490 e. The van der Waals surface area contributed by atoms with E-state index in [1.807, 2.05) is 13.0 Å². The summed E-state index contributed by atoms with van der Waals surface area (Å²) in [6.07, 6.45) is 4.89. The highest BCUT2D eigenvalue weighted by molar-refractivity contribution is 14.0. The molecule has 1 saturated heterocycles. The zero-order valence-corrected chi connectivity index (χ0v) is 19.5. The van der Waals surface area contributed by atoms with Crippen LogP contribution in [0.2, 0.25) is 0 Å². The first kappa shape index (κ1) is 23.2. The van der Waals surface area contributed by atoms with Crippen molar-refractivity contribution in [1.82, 2.24) is 15.5 Å². The van der Waals surface area contributed by atoms with Gasteiger partial charge in [-0.15, -0.1) is 24.0 Å². The average molecular weight is 504 g/mol. The van der Waals surface area contributed by atoms with Gasteiger partial charge in [0.25, 0.3) is 0 Å². The van der Waals surface area contributed by atoms with E-state index in [0.717, 1.165) is 24.6 Å². The van der Waals surface area contributed by atoms with Crippen LogP contribution in [0.25, 0.3) is 0 Å². The van der Waals surface area contributed by atoms with Gasteiger partial charge in [0.15, 0.2) is 17.5 Å². The Hall–Kier alpha value is -1.09. The Labute approximate surface area is 185 Å². The van der Waals surface area contributed by atoms with E-state index < -0.39 is 0 Å². The Morgan fingerprint density at radius 1 is 1.32 bits per heavy atom. The van der Waals surface area contributed by atoms with E-state index in [-0.39, 0.29) is 35.8 Å². The molecule has 158 valence electrons. The Balaban J connectivity index is 0.00000280. The molecule has 7 heteroatoms. The number of rotatable bonds is 7. The van der Waals surface area contributed by atoms with Crippen LogP contribution in [0.4, 0.5) is 4.39 Å². The number of nitrogens with zero attached hydrogens (tertiary/aromatic N) is 2. The van der Waals surface area contributed by atoms with Crippen LogP contribution < -0.4 is 15.4 Å². The molecule has 1 aliphatic heterocycles. The molecule has 5 nitrogen and oxygen atoms in total. The van der Waals surface area contributed by atoms with Gasteiger partial charge >= 0.3 is 0 Å². The van der Waals surface area contributed by atoms with Gasteiger partial charge in [0.1, 0.15) is 0 Å². The van der Waals surface area contributed by atoms with E-state index in [0.29, 0.717) is 24.2 Å². The van der Waals surface area contributed by atoms with Crippen LogP contribution in [0.15, 0.2) is 23.2 Å². The van der Waals surface area contributed by atoms with Crippen molar-refractivity contribution in [2.24, 2.45) is 16.8 Å². The molecule has 2 unspecified atom stereocenters. The molecule has 1 saturated carbocycles. The minimum atomic E-state index is -0.296. The molecule has 0 spiro atoms. The highest BCUT2D eigenvalue weighted by Crippen LogP contribution is 2.30. The van der Waals surface area contributed by atoms with Crippen LogP contribution in [0.1, 0.15) is 44.2 Å². The fourth-order valence-corrected chi connectivity index (χ4v) is 3.56. The second-order valence-corrected chi connectivity index (χ2v) is 8.03. The summed E-state index contributed by atoms with van der Waals surface area (Å²) in [6, 6.07) is 5.17. The lowest BCUT2D eigenvalue weighted by molar-refractivity contribution is 0.210. The summed E-state index contributed by atoms with van der Waals surface area (Å²) < 4.78 is 19.9. The van der Waals surface area contributed by atoms with Gasteiger partial charge in [0.2, 0.25) is 0 Å². The van der Waals surface area contributed by atoms with E-state index in [4.69, 9.17) is 4.74 Å². The predicted octanol–water partition coefficient (Wildman–Crippen LogP) is 3.80. The third-order valence-corrected chi connectivity index (χ3v) is 5.48. The first-order chi connectivity index (χ1) is 13.0. The molecule has 2 fully saturated rings. The second-order valence-electron chi connectivity index (χ2n) is 8.03. The summed E-state index contributed by atoms with van der Waals surface area (Å²) in [5, 5.41) is 6.78. The van der Waals surface area contributed by atoms with Crippen LogP contribution in [0.3, 0.4) is 0 Å². The fraction of sp³-hybridized carbons (Fsp3) is 0.667. The van der Waals surface area contributed by atoms with Crippen LogP contribution >= 0.6 is 24.0 Å². The van der Waals surface area contributed by atoms with E-state index in [9.17, 15) is 4.39 Å². The second kappa shape index (κ2) is 11.2. The molecule has 3 rings (SSSR count). The quantitative estimate of drug-likeness (QED) is 0.337. The Morgan fingerprint density at radius 3 is 2.75 bits per heavy atom. The number of piperidine rings is 1. The summed E-state index contributed by atoms with van der Waals surface area (Å²) in [7, 11) is 3.94. The molecule has 0 radical (unpaired) electrons. The Morgan fingerprint density at radius 2 is 2.11 bits per heavy atom. The van der Waals surface area contributed by atoms with Gasteiger partial charge < -0.3 is 20.3 Å². The van der Waals surface area contributed by atoms with Crippen LogP contribution in [0, 0.1) is 17.7 Å². The zero-order chi connectivity index (χ0) is 19.2. The summed E-state index contributed by atoms with van der Waals surface area (Å²) in [5.41, 5.74) is 0.881. The third kappa shape index (κ3) is 7.06. The minimum Gasteiger partial charge on any atom is -0.490 e. The lowest BCUT2D eigenvalue weighted by atomic mass is 9.98. The molecule has 0 aromatic heterocycles. The van der Waals surface area contributed by atoms with Gasteiger partial charge in [-0.1, -0.05) is 6.07 Å². The van der Waals surface area contributed by atoms with E-state index in [1.165, 1.54) is 32.2 Å². The summed E-state index contributed by atoms with van der Waals surface area (Å²) in [6.45, 7) is 5.84. The normalized spacial score (nSPS) is 21.6. The molecule has 1 heterocycles. The first-order valence-corrected chi connectivity index (χ1v) is 10.1. The lowest BCUT2D eigenvalue weighted by Crippen LogP contribution is -2.44. The van der Waals surface area contributed by atoms with Crippen LogP contribution in [-0.2, 0) is 0 Å². The van der Waals surface area contributed by atoms with Crippen molar-refractivity contribution in [2.75, 3.05) is 40.3 Å². The maximum absolute atomic E-state index is 14.3. The molecule has 2 N–H and O–H groups in total. The van der Waals surface area contributed by atoms with Gasteiger partial charge in [0, 0.05) is 20.1 Å². The van der Waals surface area contributed by atoms with Crippen molar-refractivity contribution >= 4 is 29.9 Å². The molecular weight excluding hydrogens is 470 g/mol. The number of guanidine groups is 1. The molecule has 2 aliphatic rings. The van der Waals surface area contributed by atoms with Crippen molar-refractivity contribution in [3.8, 4) is 5.75 Å². The molecule has 1 aromatic rings. The third-order valence-electron chi connectivity index (χ3n) is 5.48. The summed E-state index contributed by atoms with van der Waals surface area (Å²) in [4.78, 5) is 6.69. The number of hydrogen-bond donors (Lipinski definition) is 2. The monoisotopic (exact) mass is 504 g/mol. The number of aliphatic imine (C=N–C) groups is 1.